The van der Waals surface area contributed by atoms with E-state index in [2.05, 4.69) is 18.6 Å². The maximum Gasteiger partial charge on any atom is 0.261 e. The number of unbranched alkanes of at least 4 members (excludes halogenated alkanes) is 3. The Balaban J connectivity index is 1.91. The summed E-state index contributed by atoms with van der Waals surface area (Å²) in [5.41, 5.74) is 2.28. The summed E-state index contributed by atoms with van der Waals surface area (Å²) in [4.78, 5) is 11.2. The Hall–Kier alpha value is -1.89. The van der Waals surface area contributed by atoms with Crippen molar-refractivity contribution in [2.75, 3.05) is 4.72 Å². The van der Waals surface area contributed by atoms with E-state index in [4.69, 9.17) is 9.78 Å². The lowest BCUT2D eigenvalue weighted by atomic mass is 10.1. The zero-order valence-corrected chi connectivity index (χ0v) is 18.5. The number of benzene rings is 2. The SMILES string of the molecule is CCCCCCC(CC)OOCc1cccc(S(=O)(=O)Nc2cccc(C)c2)c1. The molecule has 0 aromatic heterocycles. The van der Waals surface area contributed by atoms with Gasteiger partial charge in [-0.2, -0.15) is 0 Å². The minimum absolute atomic E-state index is 0.0711. The van der Waals surface area contributed by atoms with Gasteiger partial charge in [0.2, 0.25) is 0 Å². The first-order chi connectivity index (χ1) is 13.9. The van der Waals surface area contributed by atoms with Crippen LogP contribution in [0.15, 0.2) is 53.4 Å². The molecule has 0 aliphatic heterocycles. The maximum atomic E-state index is 12.7. The van der Waals surface area contributed by atoms with Crippen LogP contribution in [0.1, 0.15) is 63.5 Å². The van der Waals surface area contributed by atoms with E-state index in [1.54, 1.807) is 30.3 Å². The van der Waals surface area contributed by atoms with Gasteiger partial charge in [-0.05, 0) is 55.2 Å². The van der Waals surface area contributed by atoms with Gasteiger partial charge in [-0.1, -0.05) is 63.8 Å². The Bertz CT molecular complexity index is 851. The lowest BCUT2D eigenvalue weighted by Crippen LogP contribution is -2.14. The fraction of sp³-hybridized carbons (Fsp3) is 0.478. The first kappa shape index (κ1) is 23.4. The van der Waals surface area contributed by atoms with Crippen molar-refractivity contribution in [3.05, 3.63) is 59.7 Å². The number of nitrogens with one attached hydrogen (secondary N) is 1. The molecule has 2 aromatic rings. The summed E-state index contributed by atoms with van der Waals surface area (Å²) in [6.07, 6.45) is 6.74. The average molecular weight is 420 g/mol. The summed E-state index contributed by atoms with van der Waals surface area (Å²) in [6, 6.07) is 14.0. The van der Waals surface area contributed by atoms with E-state index < -0.39 is 10.0 Å². The Morgan fingerprint density at radius 1 is 1.00 bits per heavy atom. The van der Waals surface area contributed by atoms with Crippen LogP contribution in [-0.2, 0) is 26.4 Å². The van der Waals surface area contributed by atoms with Crippen molar-refractivity contribution >= 4 is 15.7 Å². The molecule has 1 N–H and O–H groups in total. The molecule has 5 nitrogen and oxygen atoms in total. The quantitative estimate of drug-likeness (QED) is 0.246. The fourth-order valence-electron chi connectivity index (χ4n) is 3.04. The first-order valence-electron chi connectivity index (χ1n) is 10.4. The van der Waals surface area contributed by atoms with Crippen LogP contribution >= 0.6 is 0 Å². The molecule has 0 radical (unpaired) electrons. The molecule has 2 rings (SSSR count). The predicted octanol–water partition coefficient (Wildman–Crippen LogP) is 5.99. The molecule has 0 heterocycles. The molecule has 1 atom stereocenters. The van der Waals surface area contributed by atoms with Gasteiger partial charge in [0, 0.05) is 5.69 Å². The molecule has 6 heteroatoms. The Kier molecular flexibility index (Phi) is 9.64. The molecule has 1 unspecified atom stereocenters. The highest BCUT2D eigenvalue weighted by atomic mass is 32.2. The van der Waals surface area contributed by atoms with Crippen LogP contribution in [0.5, 0.6) is 0 Å². The number of rotatable bonds is 13. The lowest BCUT2D eigenvalue weighted by molar-refractivity contribution is -0.334. The maximum absolute atomic E-state index is 12.7. The molecule has 160 valence electrons. The summed E-state index contributed by atoms with van der Waals surface area (Å²) in [5, 5.41) is 0. The number of anilines is 1. The summed E-state index contributed by atoms with van der Waals surface area (Å²) in [7, 11) is -3.66. The van der Waals surface area contributed by atoms with E-state index in [1.807, 2.05) is 25.1 Å². The lowest BCUT2D eigenvalue weighted by Gasteiger charge is -2.15. The van der Waals surface area contributed by atoms with Gasteiger partial charge in [0.1, 0.15) is 6.61 Å². The third kappa shape index (κ3) is 8.17. The van der Waals surface area contributed by atoms with Crippen molar-refractivity contribution in [1.82, 2.24) is 0 Å². The molecule has 2 aromatic carbocycles. The van der Waals surface area contributed by atoms with E-state index in [0.29, 0.717) is 5.69 Å². The van der Waals surface area contributed by atoms with Crippen LogP contribution in [0.2, 0.25) is 0 Å². The van der Waals surface area contributed by atoms with Crippen molar-refractivity contribution in [1.29, 1.82) is 0 Å². The third-order valence-electron chi connectivity index (χ3n) is 4.74. The molecule has 0 saturated heterocycles. The van der Waals surface area contributed by atoms with Gasteiger partial charge in [-0.3, -0.25) is 4.72 Å². The highest BCUT2D eigenvalue weighted by molar-refractivity contribution is 7.92. The van der Waals surface area contributed by atoms with E-state index in [9.17, 15) is 8.42 Å². The van der Waals surface area contributed by atoms with Crippen molar-refractivity contribution < 1.29 is 18.2 Å². The van der Waals surface area contributed by atoms with Crippen molar-refractivity contribution in [3.8, 4) is 0 Å². The van der Waals surface area contributed by atoms with Crippen molar-refractivity contribution in [2.45, 2.75) is 76.9 Å². The molecule has 0 spiro atoms. The van der Waals surface area contributed by atoms with Gasteiger partial charge < -0.3 is 0 Å². The normalized spacial score (nSPS) is 12.7. The van der Waals surface area contributed by atoms with Crippen LogP contribution in [0, 0.1) is 6.92 Å². The van der Waals surface area contributed by atoms with Gasteiger partial charge in [0.15, 0.2) is 0 Å². The predicted molar refractivity (Wildman–Crippen MR) is 117 cm³/mol. The largest absolute Gasteiger partial charge is 0.280 e. The van der Waals surface area contributed by atoms with Gasteiger partial charge >= 0.3 is 0 Å². The monoisotopic (exact) mass is 419 g/mol. The second-order valence-electron chi connectivity index (χ2n) is 7.36. The molecule has 0 fully saturated rings. The highest BCUT2D eigenvalue weighted by Crippen LogP contribution is 2.19. The fourth-order valence-corrected chi connectivity index (χ4v) is 4.16. The van der Waals surface area contributed by atoms with Gasteiger partial charge in [0.25, 0.3) is 10.0 Å². The Morgan fingerprint density at radius 3 is 2.52 bits per heavy atom. The van der Waals surface area contributed by atoms with Crippen LogP contribution < -0.4 is 4.72 Å². The second kappa shape index (κ2) is 12.0. The number of hydrogen-bond acceptors (Lipinski definition) is 4. The molecule has 0 bridgehead atoms. The smallest absolute Gasteiger partial charge is 0.261 e. The van der Waals surface area contributed by atoms with Crippen LogP contribution in [-0.4, -0.2) is 14.5 Å². The Labute approximate surface area is 175 Å². The van der Waals surface area contributed by atoms with Crippen LogP contribution in [0.3, 0.4) is 0 Å². The summed E-state index contributed by atoms with van der Waals surface area (Å²) in [5.74, 6) is 0. The van der Waals surface area contributed by atoms with E-state index in [1.165, 1.54) is 19.3 Å². The minimum atomic E-state index is -3.66. The van der Waals surface area contributed by atoms with E-state index >= 15 is 0 Å². The minimum Gasteiger partial charge on any atom is -0.280 e. The summed E-state index contributed by atoms with van der Waals surface area (Å²) >= 11 is 0. The first-order valence-corrected chi connectivity index (χ1v) is 11.9. The summed E-state index contributed by atoms with van der Waals surface area (Å²) < 4.78 is 28.0. The molecular weight excluding hydrogens is 386 g/mol. The van der Waals surface area contributed by atoms with E-state index in [0.717, 1.165) is 30.4 Å². The average Bonchev–Trinajstić information content (AvgIpc) is 2.70. The molecule has 0 amide bonds. The topological polar surface area (TPSA) is 64.6 Å². The van der Waals surface area contributed by atoms with Crippen LogP contribution in [0.25, 0.3) is 0 Å². The number of hydrogen-bond donors (Lipinski definition) is 1. The molecule has 0 aliphatic rings. The highest BCUT2D eigenvalue weighted by Gasteiger charge is 2.15. The number of sulfonamides is 1. The second-order valence-corrected chi connectivity index (χ2v) is 9.04. The van der Waals surface area contributed by atoms with Crippen LogP contribution in [0.4, 0.5) is 5.69 Å². The van der Waals surface area contributed by atoms with Gasteiger partial charge in [-0.25, -0.2) is 18.2 Å². The standard InChI is InChI=1S/C23H33NO4S/c1-4-6-7-8-14-22(5-2)28-27-18-20-12-10-15-23(17-20)29(25,26)24-21-13-9-11-19(3)16-21/h9-13,15-17,22,24H,4-8,14,18H2,1-3H3. The van der Waals surface area contributed by atoms with Crippen molar-refractivity contribution in [3.63, 3.8) is 0 Å². The van der Waals surface area contributed by atoms with Crippen molar-refractivity contribution in [2.24, 2.45) is 0 Å². The molecule has 0 saturated carbocycles. The molecular formula is C23H33NO4S. The Morgan fingerprint density at radius 2 is 1.79 bits per heavy atom. The summed E-state index contributed by atoms with van der Waals surface area (Å²) in [6.45, 7) is 6.40. The zero-order valence-electron chi connectivity index (χ0n) is 17.7. The number of aryl methyl sites for hydroxylation is 1. The molecule has 29 heavy (non-hydrogen) atoms. The zero-order chi connectivity index (χ0) is 21.1. The van der Waals surface area contributed by atoms with Gasteiger partial charge in [-0.15, -0.1) is 0 Å². The third-order valence-corrected chi connectivity index (χ3v) is 6.12. The van der Waals surface area contributed by atoms with Gasteiger partial charge in [0.05, 0.1) is 11.0 Å². The molecule has 0 aliphatic carbocycles. The van der Waals surface area contributed by atoms with E-state index in [-0.39, 0.29) is 17.6 Å².